The molecular weight excluding hydrogens is 405 g/mol. The fourth-order valence-corrected chi connectivity index (χ4v) is 4.21. The van der Waals surface area contributed by atoms with Gasteiger partial charge in [0.15, 0.2) is 0 Å². The van der Waals surface area contributed by atoms with Crippen molar-refractivity contribution < 1.29 is 9.53 Å². The molecule has 0 radical (unpaired) electrons. The van der Waals surface area contributed by atoms with Gasteiger partial charge in [-0.1, -0.05) is 68.2 Å². The molecule has 1 aromatic heterocycles. The van der Waals surface area contributed by atoms with E-state index in [0.717, 1.165) is 16.6 Å². The van der Waals surface area contributed by atoms with E-state index in [4.69, 9.17) is 27.9 Å². The zero-order valence-corrected chi connectivity index (χ0v) is 18.8. The molecule has 29 heavy (non-hydrogen) atoms. The summed E-state index contributed by atoms with van der Waals surface area (Å²) in [4.78, 5) is 12.2. The Balaban J connectivity index is 2.07. The molecule has 0 saturated carbocycles. The van der Waals surface area contributed by atoms with Gasteiger partial charge in [0.05, 0.1) is 18.0 Å². The van der Waals surface area contributed by atoms with Crippen LogP contribution in [0.5, 0.6) is 0 Å². The van der Waals surface area contributed by atoms with Crippen molar-refractivity contribution in [2.45, 2.75) is 46.6 Å². The Hall–Kier alpha value is -1.97. The predicted molar refractivity (Wildman–Crippen MR) is 121 cm³/mol. The first kappa shape index (κ1) is 21.7. The number of carbonyl (C=O) groups excluding carboxylic acids is 1. The normalized spacial score (nSPS) is 12.5. The molecular formula is C24H27Cl2NO2. The number of esters is 1. The minimum Gasteiger partial charge on any atom is -0.466 e. The summed E-state index contributed by atoms with van der Waals surface area (Å²) in [7, 11) is 0. The monoisotopic (exact) mass is 431 g/mol. The lowest BCUT2D eigenvalue weighted by atomic mass is 9.96. The lowest BCUT2D eigenvalue weighted by molar-refractivity contribution is -0.147. The van der Waals surface area contributed by atoms with Gasteiger partial charge in [0.25, 0.3) is 0 Å². The van der Waals surface area contributed by atoms with Crippen LogP contribution >= 0.6 is 23.2 Å². The average molecular weight is 432 g/mol. The summed E-state index contributed by atoms with van der Waals surface area (Å²) in [5.41, 5.74) is 4.59. The van der Waals surface area contributed by atoms with Crippen LogP contribution in [0.15, 0.2) is 42.6 Å². The van der Waals surface area contributed by atoms with Gasteiger partial charge < -0.3 is 9.30 Å². The summed E-state index contributed by atoms with van der Waals surface area (Å²) >= 11 is 12.5. The number of rotatable bonds is 7. The number of carbonyl (C=O) groups is 1. The van der Waals surface area contributed by atoms with Crippen molar-refractivity contribution in [1.82, 2.24) is 4.57 Å². The fourth-order valence-electron chi connectivity index (χ4n) is 3.75. The smallest absolute Gasteiger partial charge is 0.308 e. The van der Waals surface area contributed by atoms with Crippen LogP contribution in [0.1, 0.15) is 50.3 Å². The summed E-state index contributed by atoms with van der Waals surface area (Å²) in [6.07, 6.45) is 2.84. The number of nitrogens with zero attached hydrogens (tertiary/aromatic N) is 1. The molecule has 0 amide bonds. The number of hydrogen-bond donors (Lipinski definition) is 0. The Labute approximate surface area is 182 Å². The molecule has 0 N–H and O–H groups in total. The maximum Gasteiger partial charge on any atom is 0.308 e. The summed E-state index contributed by atoms with van der Waals surface area (Å²) in [6, 6.07) is 11.9. The number of para-hydroxylation sites is 1. The van der Waals surface area contributed by atoms with E-state index in [1.165, 1.54) is 10.9 Å². The van der Waals surface area contributed by atoms with Crippen molar-refractivity contribution in [3.05, 3.63) is 69.3 Å². The van der Waals surface area contributed by atoms with Gasteiger partial charge in [0.2, 0.25) is 0 Å². The fraction of sp³-hybridized carbons (Fsp3) is 0.375. The topological polar surface area (TPSA) is 31.2 Å². The van der Waals surface area contributed by atoms with Crippen LogP contribution in [0, 0.1) is 5.92 Å². The van der Waals surface area contributed by atoms with E-state index in [9.17, 15) is 4.79 Å². The maximum absolute atomic E-state index is 12.2. The highest BCUT2D eigenvalue weighted by Gasteiger charge is 2.20. The number of ether oxygens (including phenoxy) is 1. The molecule has 0 spiro atoms. The Kier molecular flexibility index (Phi) is 6.92. The Morgan fingerprint density at radius 3 is 2.52 bits per heavy atom. The first-order chi connectivity index (χ1) is 13.8. The molecule has 2 aromatic carbocycles. The quantitative estimate of drug-likeness (QED) is 0.382. The SMILES string of the molecule is CCOC(=O)C(C)Cc1cccc2c(C(C)C)cn(Cc3ccc(Cl)cc3Cl)c12. The van der Waals surface area contributed by atoms with Crippen LogP contribution in [0.25, 0.3) is 10.9 Å². The van der Waals surface area contributed by atoms with Crippen molar-refractivity contribution in [3.63, 3.8) is 0 Å². The highest BCUT2D eigenvalue weighted by atomic mass is 35.5. The zero-order chi connectivity index (χ0) is 21.1. The van der Waals surface area contributed by atoms with Crippen molar-refractivity contribution in [3.8, 4) is 0 Å². The van der Waals surface area contributed by atoms with Gasteiger partial charge in [-0.25, -0.2) is 0 Å². The molecule has 3 rings (SSSR count). The number of benzene rings is 2. The second-order valence-corrected chi connectivity index (χ2v) is 8.62. The van der Waals surface area contributed by atoms with E-state index in [-0.39, 0.29) is 11.9 Å². The number of fused-ring (bicyclic) bond motifs is 1. The molecule has 3 aromatic rings. The van der Waals surface area contributed by atoms with Crippen LogP contribution < -0.4 is 0 Å². The largest absolute Gasteiger partial charge is 0.466 e. The average Bonchev–Trinajstić information content (AvgIpc) is 3.04. The zero-order valence-electron chi connectivity index (χ0n) is 17.3. The Morgan fingerprint density at radius 2 is 1.86 bits per heavy atom. The van der Waals surface area contributed by atoms with Crippen LogP contribution in [-0.4, -0.2) is 17.1 Å². The first-order valence-corrected chi connectivity index (χ1v) is 10.8. The van der Waals surface area contributed by atoms with E-state index in [1.807, 2.05) is 26.0 Å². The summed E-state index contributed by atoms with van der Waals surface area (Å²) in [5.74, 6) is 0.0233. The third kappa shape index (κ3) is 4.79. The molecule has 154 valence electrons. The highest BCUT2D eigenvalue weighted by Crippen LogP contribution is 2.32. The second-order valence-electron chi connectivity index (χ2n) is 7.77. The summed E-state index contributed by atoms with van der Waals surface area (Å²) in [6.45, 7) is 9.19. The molecule has 5 heteroatoms. The van der Waals surface area contributed by atoms with Gasteiger partial charge in [-0.05, 0) is 48.1 Å². The van der Waals surface area contributed by atoms with Crippen LogP contribution in [-0.2, 0) is 22.5 Å². The molecule has 0 fully saturated rings. The van der Waals surface area contributed by atoms with Crippen molar-refractivity contribution in [2.24, 2.45) is 5.92 Å². The minimum absolute atomic E-state index is 0.160. The molecule has 0 bridgehead atoms. The van der Waals surface area contributed by atoms with Crippen molar-refractivity contribution in [1.29, 1.82) is 0 Å². The molecule has 1 unspecified atom stereocenters. The lowest BCUT2D eigenvalue weighted by Crippen LogP contribution is -2.17. The highest BCUT2D eigenvalue weighted by molar-refractivity contribution is 6.35. The molecule has 0 aliphatic carbocycles. The van der Waals surface area contributed by atoms with Crippen LogP contribution in [0.2, 0.25) is 10.0 Å². The molecule has 0 aliphatic rings. The molecule has 1 atom stereocenters. The molecule has 3 nitrogen and oxygen atoms in total. The van der Waals surface area contributed by atoms with E-state index < -0.39 is 0 Å². The van der Waals surface area contributed by atoms with Gasteiger partial charge in [-0.3, -0.25) is 4.79 Å². The number of hydrogen-bond acceptors (Lipinski definition) is 2. The Morgan fingerprint density at radius 1 is 1.10 bits per heavy atom. The van der Waals surface area contributed by atoms with Gasteiger partial charge in [0, 0.05) is 28.2 Å². The Bertz CT molecular complexity index is 1020. The number of halogens is 2. The van der Waals surface area contributed by atoms with Gasteiger partial charge in [-0.15, -0.1) is 0 Å². The molecule has 0 saturated heterocycles. The van der Waals surface area contributed by atoms with Crippen LogP contribution in [0.4, 0.5) is 0 Å². The predicted octanol–water partition coefficient (Wildman–Crippen LogP) is 6.86. The standard InChI is InChI=1S/C24H27Cl2NO2/c1-5-29-24(28)16(4)11-17-7-6-8-20-21(15(2)3)14-27(23(17)20)13-18-9-10-19(25)12-22(18)26/h6-10,12,14-16H,5,11,13H2,1-4H3. The van der Waals surface area contributed by atoms with Crippen molar-refractivity contribution in [2.75, 3.05) is 6.61 Å². The van der Waals surface area contributed by atoms with E-state index in [1.54, 1.807) is 6.07 Å². The maximum atomic E-state index is 12.2. The van der Waals surface area contributed by atoms with Crippen LogP contribution in [0.3, 0.4) is 0 Å². The summed E-state index contributed by atoms with van der Waals surface area (Å²) in [5, 5.41) is 2.50. The van der Waals surface area contributed by atoms with Gasteiger partial charge in [0.1, 0.15) is 0 Å². The third-order valence-electron chi connectivity index (χ3n) is 5.21. The minimum atomic E-state index is -0.203. The third-order valence-corrected chi connectivity index (χ3v) is 5.79. The second kappa shape index (κ2) is 9.23. The van der Waals surface area contributed by atoms with E-state index >= 15 is 0 Å². The molecule has 1 heterocycles. The van der Waals surface area contributed by atoms with Gasteiger partial charge in [-0.2, -0.15) is 0 Å². The lowest BCUT2D eigenvalue weighted by Gasteiger charge is -2.14. The number of aromatic nitrogens is 1. The molecule has 0 aliphatic heterocycles. The summed E-state index contributed by atoms with van der Waals surface area (Å²) < 4.78 is 7.45. The van der Waals surface area contributed by atoms with E-state index in [0.29, 0.717) is 35.5 Å². The van der Waals surface area contributed by atoms with E-state index in [2.05, 4.69) is 42.8 Å². The van der Waals surface area contributed by atoms with Gasteiger partial charge >= 0.3 is 5.97 Å². The first-order valence-electron chi connectivity index (χ1n) is 10.0. The van der Waals surface area contributed by atoms with Crippen molar-refractivity contribution >= 4 is 40.1 Å².